The standard InChI is InChI=1S/C22H29N3O2.ClH/c1-17-11-13-18(14-12-17)16-24-22(27)19-8-5-6-9-20(19)25-21(26)10-4-2-3-7-15-23;/h5-6,8-9,11-14H,2-4,7,10,15-16,23H2,1H3,(H,24,27)(H,25,26);1H. The molecule has 0 unspecified atom stereocenters. The Labute approximate surface area is 173 Å². The summed E-state index contributed by atoms with van der Waals surface area (Å²) in [6.07, 6.45) is 4.30. The molecule has 2 aromatic rings. The second kappa shape index (κ2) is 12.9. The molecule has 0 aromatic heterocycles. The van der Waals surface area contributed by atoms with E-state index >= 15 is 0 Å². The Kier molecular flexibility index (Phi) is 10.9. The fourth-order valence-corrected chi connectivity index (χ4v) is 2.77. The number of para-hydroxylation sites is 1. The summed E-state index contributed by atoms with van der Waals surface area (Å²) >= 11 is 0. The molecule has 0 heterocycles. The highest BCUT2D eigenvalue weighted by Crippen LogP contribution is 2.16. The number of halogens is 1. The Balaban J connectivity index is 0.00000392. The lowest BCUT2D eigenvalue weighted by Gasteiger charge is -2.12. The molecule has 0 fully saturated rings. The second-order valence-corrected chi connectivity index (χ2v) is 6.71. The van der Waals surface area contributed by atoms with Crippen molar-refractivity contribution < 1.29 is 9.59 Å². The maximum absolute atomic E-state index is 12.5. The summed E-state index contributed by atoms with van der Waals surface area (Å²) in [6.45, 7) is 3.17. The maximum atomic E-state index is 12.5. The normalized spacial score (nSPS) is 10.1. The van der Waals surface area contributed by atoms with Crippen LogP contribution in [0.5, 0.6) is 0 Å². The first-order valence-corrected chi connectivity index (χ1v) is 9.53. The first-order chi connectivity index (χ1) is 13.1. The number of hydrogen-bond donors (Lipinski definition) is 3. The van der Waals surface area contributed by atoms with Crippen LogP contribution in [0.4, 0.5) is 5.69 Å². The van der Waals surface area contributed by atoms with Gasteiger partial charge in [0.15, 0.2) is 0 Å². The molecule has 0 aliphatic rings. The predicted molar refractivity (Wildman–Crippen MR) is 117 cm³/mol. The molecule has 0 atom stereocenters. The van der Waals surface area contributed by atoms with Crippen molar-refractivity contribution in [1.29, 1.82) is 0 Å². The fourth-order valence-electron chi connectivity index (χ4n) is 2.77. The van der Waals surface area contributed by atoms with Gasteiger partial charge in [0, 0.05) is 13.0 Å². The summed E-state index contributed by atoms with van der Waals surface area (Å²) in [5, 5.41) is 5.78. The van der Waals surface area contributed by atoms with Crippen LogP contribution in [0.3, 0.4) is 0 Å². The van der Waals surface area contributed by atoms with Crippen molar-refractivity contribution in [3.8, 4) is 0 Å². The van der Waals surface area contributed by atoms with Crippen molar-refractivity contribution in [3.05, 3.63) is 65.2 Å². The molecule has 0 saturated heterocycles. The number of hydrogen-bond acceptors (Lipinski definition) is 3. The van der Waals surface area contributed by atoms with Gasteiger partial charge in [-0.1, -0.05) is 54.8 Å². The van der Waals surface area contributed by atoms with Crippen molar-refractivity contribution in [1.82, 2.24) is 5.32 Å². The number of rotatable bonds is 10. The van der Waals surface area contributed by atoms with Crippen LogP contribution in [0.1, 0.15) is 53.6 Å². The SMILES string of the molecule is Cc1ccc(CNC(=O)c2ccccc2NC(=O)CCCCCCN)cc1.Cl. The highest BCUT2D eigenvalue weighted by Gasteiger charge is 2.12. The Morgan fingerprint density at radius 3 is 2.32 bits per heavy atom. The van der Waals surface area contributed by atoms with E-state index in [1.54, 1.807) is 18.2 Å². The van der Waals surface area contributed by atoms with Gasteiger partial charge in [0.25, 0.3) is 5.91 Å². The zero-order valence-corrected chi connectivity index (χ0v) is 17.2. The van der Waals surface area contributed by atoms with E-state index in [0.29, 0.717) is 30.8 Å². The predicted octanol–water partition coefficient (Wildman–Crippen LogP) is 4.19. The number of amides is 2. The van der Waals surface area contributed by atoms with E-state index < -0.39 is 0 Å². The van der Waals surface area contributed by atoms with Crippen molar-refractivity contribution in [3.63, 3.8) is 0 Å². The Hall–Kier alpha value is -2.37. The fraction of sp³-hybridized carbons (Fsp3) is 0.364. The van der Waals surface area contributed by atoms with Crippen molar-refractivity contribution in [2.24, 2.45) is 5.73 Å². The minimum Gasteiger partial charge on any atom is -0.348 e. The van der Waals surface area contributed by atoms with Gasteiger partial charge in [-0.3, -0.25) is 9.59 Å². The Morgan fingerprint density at radius 2 is 1.61 bits per heavy atom. The van der Waals surface area contributed by atoms with E-state index in [1.807, 2.05) is 37.3 Å². The van der Waals surface area contributed by atoms with Gasteiger partial charge in [-0.2, -0.15) is 0 Å². The molecule has 152 valence electrons. The van der Waals surface area contributed by atoms with Crippen LogP contribution in [-0.4, -0.2) is 18.4 Å². The molecule has 2 rings (SSSR count). The van der Waals surface area contributed by atoms with Crippen LogP contribution < -0.4 is 16.4 Å². The topological polar surface area (TPSA) is 84.2 Å². The van der Waals surface area contributed by atoms with Gasteiger partial charge in [-0.25, -0.2) is 0 Å². The number of benzene rings is 2. The van der Waals surface area contributed by atoms with Crippen molar-refractivity contribution >= 4 is 29.9 Å². The van der Waals surface area contributed by atoms with Gasteiger partial charge < -0.3 is 16.4 Å². The van der Waals surface area contributed by atoms with Gasteiger partial charge in [0.05, 0.1) is 11.3 Å². The number of nitrogens with two attached hydrogens (primary N) is 1. The summed E-state index contributed by atoms with van der Waals surface area (Å²) in [5.41, 5.74) is 8.71. The zero-order valence-electron chi connectivity index (χ0n) is 16.4. The highest BCUT2D eigenvalue weighted by molar-refractivity contribution is 6.03. The van der Waals surface area contributed by atoms with Gasteiger partial charge in [0.1, 0.15) is 0 Å². The van der Waals surface area contributed by atoms with Gasteiger partial charge in [-0.05, 0) is 44.0 Å². The average molecular weight is 404 g/mol. The summed E-state index contributed by atoms with van der Waals surface area (Å²) in [5.74, 6) is -0.268. The Bertz CT molecular complexity index is 748. The molecule has 6 heteroatoms. The zero-order chi connectivity index (χ0) is 19.5. The van der Waals surface area contributed by atoms with E-state index in [9.17, 15) is 9.59 Å². The lowest BCUT2D eigenvalue weighted by atomic mass is 10.1. The molecular weight excluding hydrogens is 374 g/mol. The van der Waals surface area contributed by atoms with Gasteiger partial charge in [0.2, 0.25) is 5.91 Å². The van der Waals surface area contributed by atoms with Crippen molar-refractivity contribution in [2.45, 2.75) is 45.6 Å². The monoisotopic (exact) mass is 403 g/mol. The molecule has 4 N–H and O–H groups in total. The van der Waals surface area contributed by atoms with E-state index in [1.165, 1.54) is 5.56 Å². The third-order valence-electron chi connectivity index (χ3n) is 4.38. The molecule has 0 saturated carbocycles. The molecule has 2 amide bonds. The molecule has 0 radical (unpaired) electrons. The molecule has 0 aliphatic carbocycles. The van der Waals surface area contributed by atoms with Crippen LogP contribution in [0.2, 0.25) is 0 Å². The molecule has 28 heavy (non-hydrogen) atoms. The second-order valence-electron chi connectivity index (χ2n) is 6.71. The lowest BCUT2D eigenvalue weighted by molar-refractivity contribution is -0.116. The Morgan fingerprint density at radius 1 is 0.929 bits per heavy atom. The number of anilines is 1. The average Bonchev–Trinajstić information content (AvgIpc) is 2.67. The van der Waals surface area contributed by atoms with E-state index in [4.69, 9.17) is 5.73 Å². The number of aryl methyl sites for hydroxylation is 1. The van der Waals surface area contributed by atoms with Crippen LogP contribution >= 0.6 is 12.4 Å². The highest BCUT2D eigenvalue weighted by atomic mass is 35.5. The van der Waals surface area contributed by atoms with Crippen LogP contribution in [-0.2, 0) is 11.3 Å². The molecular formula is C22H30ClN3O2. The largest absolute Gasteiger partial charge is 0.348 e. The third kappa shape index (κ3) is 8.11. The molecule has 2 aromatic carbocycles. The summed E-state index contributed by atoms with van der Waals surface area (Å²) in [6, 6.07) is 15.1. The molecule has 0 aliphatic heterocycles. The molecule has 5 nitrogen and oxygen atoms in total. The number of carbonyl (C=O) groups is 2. The van der Waals surface area contributed by atoms with Crippen molar-refractivity contribution in [2.75, 3.05) is 11.9 Å². The number of nitrogens with one attached hydrogen (secondary N) is 2. The van der Waals surface area contributed by atoms with Gasteiger partial charge >= 0.3 is 0 Å². The van der Waals surface area contributed by atoms with E-state index in [-0.39, 0.29) is 24.2 Å². The quantitative estimate of drug-likeness (QED) is 0.520. The summed E-state index contributed by atoms with van der Waals surface area (Å²) in [4.78, 5) is 24.7. The van der Waals surface area contributed by atoms with Crippen LogP contribution in [0.25, 0.3) is 0 Å². The molecule has 0 bridgehead atoms. The third-order valence-corrected chi connectivity index (χ3v) is 4.38. The smallest absolute Gasteiger partial charge is 0.253 e. The van der Waals surface area contributed by atoms with E-state index in [2.05, 4.69) is 10.6 Å². The first kappa shape index (κ1) is 23.7. The maximum Gasteiger partial charge on any atom is 0.253 e. The lowest BCUT2D eigenvalue weighted by Crippen LogP contribution is -2.24. The minimum atomic E-state index is -0.200. The molecule has 0 spiro atoms. The summed E-state index contributed by atoms with van der Waals surface area (Å²) < 4.78 is 0. The summed E-state index contributed by atoms with van der Waals surface area (Å²) in [7, 11) is 0. The van der Waals surface area contributed by atoms with Crippen LogP contribution in [0.15, 0.2) is 48.5 Å². The van der Waals surface area contributed by atoms with Crippen LogP contribution in [0, 0.1) is 6.92 Å². The first-order valence-electron chi connectivity index (χ1n) is 9.53. The number of unbranched alkanes of at least 4 members (excludes halogenated alkanes) is 3. The van der Waals surface area contributed by atoms with Gasteiger partial charge in [-0.15, -0.1) is 12.4 Å². The number of carbonyl (C=O) groups excluding carboxylic acids is 2. The van der Waals surface area contributed by atoms with E-state index in [0.717, 1.165) is 31.2 Å². The minimum absolute atomic E-state index is 0.